The van der Waals surface area contributed by atoms with E-state index in [1.165, 1.54) is 0 Å². The minimum Gasteiger partial charge on any atom is -0.478 e. The molecule has 0 fully saturated rings. The molecule has 0 atom stereocenters. The van der Waals surface area contributed by atoms with Crippen molar-refractivity contribution in [3.63, 3.8) is 0 Å². The van der Waals surface area contributed by atoms with Crippen molar-refractivity contribution in [2.75, 3.05) is 16.8 Å². The molecular weight excluding hydrogens is 349 g/mol. The molecule has 122 valence electrons. The highest BCUT2D eigenvalue weighted by Crippen LogP contribution is 2.27. The first kappa shape index (κ1) is 22.5. The van der Waals surface area contributed by atoms with Crippen LogP contribution >= 0.6 is 37.2 Å². The second-order valence-corrected chi connectivity index (χ2v) is 4.33. The maximum absolute atomic E-state index is 11.2. The molecule has 0 saturated heterocycles. The Morgan fingerprint density at radius 1 is 1.00 bits per heavy atom. The lowest BCUT2D eigenvalue weighted by atomic mass is 10.1. The highest BCUT2D eigenvalue weighted by Gasteiger charge is 2.11. The van der Waals surface area contributed by atoms with E-state index in [4.69, 9.17) is 11.5 Å². The lowest BCUT2D eigenvalue weighted by Crippen LogP contribution is -2.04. The Morgan fingerprint density at radius 3 is 2.14 bits per heavy atom. The quantitative estimate of drug-likeness (QED) is 0.618. The number of hydrogen-bond donors (Lipinski definition) is 4. The predicted octanol–water partition coefficient (Wildman–Crippen LogP) is 3.87. The van der Waals surface area contributed by atoms with Gasteiger partial charge in [0.1, 0.15) is 0 Å². The van der Waals surface area contributed by atoms with Crippen molar-refractivity contribution in [3.05, 3.63) is 47.5 Å². The normalized spacial score (nSPS) is 8.77. The maximum Gasteiger partial charge on any atom is 0.337 e. The van der Waals surface area contributed by atoms with Crippen molar-refractivity contribution in [3.8, 4) is 0 Å². The van der Waals surface area contributed by atoms with Crippen molar-refractivity contribution in [2.45, 2.75) is 6.92 Å². The monoisotopic (exact) mass is 365 g/mol. The minimum atomic E-state index is -0.986. The Hall–Kier alpha value is -1.82. The zero-order chi connectivity index (χ0) is 14.0. The minimum absolute atomic E-state index is 0. The van der Waals surface area contributed by atoms with Crippen LogP contribution in [0.5, 0.6) is 0 Å². The van der Waals surface area contributed by atoms with E-state index in [9.17, 15) is 9.90 Å². The summed E-state index contributed by atoms with van der Waals surface area (Å²) in [6, 6.07) is 10.2. The Labute approximate surface area is 147 Å². The van der Waals surface area contributed by atoms with Crippen LogP contribution in [0.3, 0.4) is 0 Å². The number of benzene rings is 2. The molecule has 0 aliphatic heterocycles. The van der Waals surface area contributed by atoms with Crippen LogP contribution in [-0.2, 0) is 0 Å². The predicted molar refractivity (Wildman–Crippen MR) is 98.4 cm³/mol. The first-order valence-corrected chi connectivity index (χ1v) is 5.73. The lowest BCUT2D eigenvalue weighted by molar-refractivity contribution is 0.0698. The first-order valence-electron chi connectivity index (χ1n) is 5.73. The third kappa shape index (κ3) is 5.18. The van der Waals surface area contributed by atoms with Gasteiger partial charge < -0.3 is 21.9 Å². The fourth-order valence-electron chi connectivity index (χ4n) is 1.78. The molecule has 2 rings (SSSR count). The van der Waals surface area contributed by atoms with Gasteiger partial charge >= 0.3 is 5.97 Å². The molecule has 6 N–H and O–H groups in total. The molecular formula is C14H18Cl3N3O2. The van der Waals surface area contributed by atoms with Crippen LogP contribution in [0, 0.1) is 6.92 Å². The smallest absolute Gasteiger partial charge is 0.337 e. The largest absolute Gasteiger partial charge is 0.478 e. The summed E-state index contributed by atoms with van der Waals surface area (Å²) in [6.45, 7) is 1.84. The Bertz CT molecular complexity index is 651. The van der Waals surface area contributed by atoms with Gasteiger partial charge in [0.2, 0.25) is 0 Å². The van der Waals surface area contributed by atoms with Gasteiger partial charge in [-0.1, -0.05) is 11.6 Å². The molecule has 0 bridgehead atoms. The Kier molecular flexibility index (Phi) is 9.44. The molecule has 0 spiro atoms. The van der Waals surface area contributed by atoms with Gasteiger partial charge in [0.15, 0.2) is 0 Å². The summed E-state index contributed by atoms with van der Waals surface area (Å²) >= 11 is 0. The van der Waals surface area contributed by atoms with Gasteiger partial charge in [0, 0.05) is 5.69 Å². The summed E-state index contributed by atoms with van der Waals surface area (Å²) < 4.78 is 0. The summed E-state index contributed by atoms with van der Waals surface area (Å²) in [5.74, 6) is -0.986. The summed E-state index contributed by atoms with van der Waals surface area (Å²) in [7, 11) is 0. The number of carboxylic acids is 1. The number of aryl methyl sites for hydroxylation is 1. The number of carbonyl (C=O) groups is 1. The lowest BCUT2D eigenvalue weighted by Gasteiger charge is -2.12. The van der Waals surface area contributed by atoms with Gasteiger partial charge in [0.25, 0.3) is 0 Å². The summed E-state index contributed by atoms with van der Waals surface area (Å²) in [4.78, 5) is 11.2. The number of anilines is 4. The number of nitrogen functional groups attached to an aromatic ring is 2. The van der Waals surface area contributed by atoms with Crippen molar-refractivity contribution in [2.24, 2.45) is 0 Å². The van der Waals surface area contributed by atoms with E-state index >= 15 is 0 Å². The number of nitrogens with two attached hydrogens (primary N) is 2. The molecule has 0 radical (unpaired) electrons. The van der Waals surface area contributed by atoms with Crippen LogP contribution in [0.25, 0.3) is 0 Å². The van der Waals surface area contributed by atoms with Crippen molar-refractivity contribution in [1.82, 2.24) is 0 Å². The number of rotatable bonds is 3. The molecule has 0 saturated carbocycles. The van der Waals surface area contributed by atoms with E-state index in [-0.39, 0.29) is 42.8 Å². The van der Waals surface area contributed by atoms with Gasteiger partial charge in [-0.25, -0.2) is 4.79 Å². The summed E-state index contributed by atoms with van der Waals surface area (Å²) in [5, 5.41) is 12.2. The molecule has 0 aliphatic carbocycles. The SMILES string of the molecule is Cc1ccc(Nc2ccc(N)cc2N)c(C(=O)O)c1.Cl.Cl.Cl. The van der Waals surface area contributed by atoms with Crippen LogP contribution in [-0.4, -0.2) is 11.1 Å². The molecule has 2 aromatic rings. The Morgan fingerprint density at radius 2 is 1.59 bits per heavy atom. The average molecular weight is 367 g/mol. The highest BCUT2D eigenvalue weighted by atomic mass is 35.5. The highest BCUT2D eigenvalue weighted by molar-refractivity contribution is 5.96. The third-order valence-corrected chi connectivity index (χ3v) is 2.75. The van der Waals surface area contributed by atoms with Crippen LogP contribution in [0.15, 0.2) is 36.4 Å². The van der Waals surface area contributed by atoms with Gasteiger partial charge in [0.05, 0.1) is 22.6 Å². The van der Waals surface area contributed by atoms with Crippen LogP contribution in [0.4, 0.5) is 22.7 Å². The van der Waals surface area contributed by atoms with Gasteiger partial charge in [-0.2, -0.15) is 0 Å². The van der Waals surface area contributed by atoms with Crippen molar-refractivity contribution >= 4 is 65.9 Å². The summed E-state index contributed by atoms with van der Waals surface area (Å²) in [6.07, 6.45) is 0. The number of hydrogen-bond acceptors (Lipinski definition) is 4. The molecule has 0 aliphatic rings. The topological polar surface area (TPSA) is 101 Å². The van der Waals surface area contributed by atoms with Crippen LogP contribution < -0.4 is 16.8 Å². The molecule has 2 aromatic carbocycles. The molecule has 0 amide bonds. The van der Waals surface area contributed by atoms with Crippen LogP contribution in [0.1, 0.15) is 15.9 Å². The maximum atomic E-state index is 11.2. The second kappa shape index (κ2) is 9.25. The molecule has 22 heavy (non-hydrogen) atoms. The number of halogens is 3. The van der Waals surface area contributed by atoms with Gasteiger partial charge in [-0.05, 0) is 37.3 Å². The zero-order valence-electron chi connectivity index (χ0n) is 11.7. The van der Waals surface area contributed by atoms with Gasteiger partial charge in [-0.15, -0.1) is 37.2 Å². The fraction of sp³-hybridized carbons (Fsp3) is 0.0714. The Balaban J connectivity index is 0. The number of aromatic carboxylic acids is 1. The summed E-state index contributed by atoms with van der Waals surface area (Å²) in [5.41, 5.74) is 14.7. The zero-order valence-corrected chi connectivity index (χ0v) is 14.1. The van der Waals surface area contributed by atoms with Crippen LogP contribution in [0.2, 0.25) is 0 Å². The first-order chi connectivity index (χ1) is 8.97. The van der Waals surface area contributed by atoms with Gasteiger partial charge in [-0.3, -0.25) is 0 Å². The van der Waals surface area contributed by atoms with E-state index in [1.807, 2.05) is 13.0 Å². The number of carboxylic acid groups (broad SMARTS) is 1. The van der Waals surface area contributed by atoms with E-state index in [0.717, 1.165) is 5.56 Å². The van der Waals surface area contributed by atoms with E-state index in [0.29, 0.717) is 22.7 Å². The second-order valence-electron chi connectivity index (χ2n) is 4.33. The van der Waals surface area contributed by atoms with E-state index in [1.54, 1.807) is 30.3 Å². The average Bonchev–Trinajstić information content (AvgIpc) is 2.34. The number of nitrogens with one attached hydrogen (secondary N) is 1. The molecule has 0 heterocycles. The molecule has 0 unspecified atom stereocenters. The standard InChI is InChI=1S/C14H15N3O2.3ClH/c1-8-2-4-12(10(6-8)14(18)19)17-13-5-3-9(15)7-11(13)16;;;/h2-7,17H,15-16H2,1H3,(H,18,19);3*1H. The third-order valence-electron chi connectivity index (χ3n) is 2.75. The molecule has 5 nitrogen and oxygen atoms in total. The molecule has 8 heteroatoms. The van der Waals surface area contributed by atoms with Crippen molar-refractivity contribution < 1.29 is 9.90 Å². The molecule has 0 aromatic heterocycles. The fourth-order valence-corrected chi connectivity index (χ4v) is 1.78. The van der Waals surface area contributed by atoms with E-state index in [2.05, 4.69) is 5.32 Å². The van der Waals surface area contributed by atoms with E-state index < -0.39 is 5.97 Å². The van der Waals surface area contributed by atoms with Crippen molar-refractivity contribution in [1.29, 1.82) is 0 Å².